The normalized spacial score (nSPS) is 18.8. The van der Waals surface area contributed by atoms with Crippen molar-refractivity contribution < 1.29 is 24.2 Å². The minimum absolute atomic E-state index is 0.0701. The monoisotopic (exact) mass is 406 g/mol. The van der Waals surface area contributed by atoms with E-state index in [2.05, 4.69) is 10.7 Å². The fourth-order valence-corrected chi connectivity index (χ4v) is 3.14. The lowest BCUT2D eigenvalue weighted by atomic mass is 10.0. The van der Waals surface area contributed by atoms with Crippen molar-refractivity contribution in [1.29, 1.82) is 0 Å². The molecule has 2 rings (SSSR count). The molecule has 0 unspecified atom stereocenters. The van der Waals surface area contributed by atoms with E-state index in [9.17, 15) is 19.5 Å². The molecule has 0 saturated carbocycles. The van der Waals surface area contributed by atoms with Gasteiger partial charge in [0.2, 0.25) is 5.91 Å². The van der Waals surface area contributed by atoms with Gasteiger partial charge in [-0.15, -0.1) is 0 Å². The van der Waals surface area contributed by atoms with Crippen molar-refractivity contribution in [3.05, 3.63) is 29.8 Å². The summed E-state index contributed by atoms with van der Waals surface area (Å²) in [5.74, 6) is -1.28. The SMILES string of the molecule is COC(=O)[C@@H]1CCCN(C(=O)[C@H](Cc2cccc(O)c2)NC(=O)[C@@H](N)C(C)C)N1. The van der Waals surface area contributed by atoms with Crippen LogP contribution in [0.3, 0.4) is 0 Å². The van der Waals surface area contributed by atoms with Crippen LogP contribution in [0, 0.1) is 5.92 Å². The number of hydrogen-bond donors (Lipinski definition) is 4. The van der Waals surface area contributed by atoms with Crippen LogP contribution in [-0.4, -0.2) is 59.7 Å². The number of nitrogens with one attached hydrogen (secondary N) is 2. The molecule has 1 saturated heterocycles. The largest absolute Gasteiger partial charge is 0.508 e. The van der Waals surface area contributed by atoms with Gasteiger partial charge in [0.15, 0.2) is 0 Å². The molecular weight excluding hydrogens is 376 g/mol. The molecule has 1 aliphatic heterocycles. The molecule has 160 valence electrons. The Morgan fingerprint density at radius 1 is 1.38 bits per heavy atom. The summed E-state index contributed by atoms with van der Waals surface area (Å²) < 4.78 is 4.76. The van der Waals surface area contributed by atoms with E-state index >= 15 is 0 Å². The first-order chi connectivity index (χ1) is 13.7. The number of benzene rings is 1. The Kier molecular flexibility index (Phi) is 7.98. The maximum atomic E-state index is 13.2. The van der Waals surface area contributed by atoms with Crippen LogP contribution in [0.25, 0.3) is 0 Å². The molecule has 1 fully saturated rings. The minimum atomic E-state index is -0.905. The van der Waals surface area contributed by atoms with Crippen LogP contribution in [0.5, 0.6) is 5.75 Å². The van der Waals surface area contributed by atoms with Gasteiger partial charge in [-0.25, -0.2) is 5.43 Å². The van der Waals surface area contributed by atoms with E-state index in [1.165, 1.54) is 24.3 Å². The van der Waals surface area contributed by atoms with Gasteiger partial charge in [-0.05, 0) is 36.5 Å². The predicted molar refractivity (Wildman–Crippen MR) is 106 cm³/mol. The minimum Gasteiger partial charge on any atom is -0.508 e. The van der Waals surface area contributed by atoms with Crippen molar-refractivity contribution in [3.63, 3.8) is 0 Å². The van der Waals surface area contributed by atoms with Gasteiger partial charge in [-0.3, -0.25) is 19.4 Å². The number of ether oxygens (including phenoxy) is 1. The van der Waals surface area contributed by atoms with Crippen LogP contribution in [0.2, 0.25) is 0 Å². The third kappa shape index (κ3) is 6.16. The number of methoxy groups -OCH3 is 1. The Labute approximate surface area is 170 Å². The van der Waals surface area contributed by atoms with Crippen LogP contribution in [0.1, 0.15) is 32.3 Å². The van der Waals surface area contributed by atoms with E-state index in [4.69, 9.17) is 10.5 Å². The maximum Gasteiger partial charge on any atom is 0.324 e. The van der Waals surface area contributed by atoms with Gasteiger partial charge in [0.05, 0.1) is 13.2 Å². The molecule has 0 radical (unpaired) electrons. The van der Waals surface area contributed by atoms with Crippen molar-refractivity contribution in [3.8, 4) is 5.75 Å². The fraction of sp³-hybridized carbons (Fsp3) is 0.550. The van der Waals surface area contributed by atoms with E-state index in [-0.39, 0.29) is 24.0 Å². The molecule has 0 bridgehead atoms. The second kappa shape index (κ2) is 10.2. The van der Waals surface area contributed by atoms with Gasteiger partial charge in [0.1, 0.15) is 17.8 Å². The fourth-order valence-electron chi connectivity index (χ4n) is 3.14. The van der Waals surface area contributed by atoms with Crippen molar-refractivity contribution in [2.24, 2.45) is 11.7 Å². The molecule has 0 spiro atoms. The van der Waals surface area contributed by atoms with Crippen molar-refractivity contribution in [1.82, 2.24) is 15.8 Å². The summed E-state index contributed by atoms with van der Waals surface area (Å²) in [6, 6.07) is 4.21. The Hall–Kier alpha value is -2.65. The molecule has 9 nitrogen and oxygen atoms in total. The summed E-state index contributed by atoms with van der Waals surface area (Å²) >= 11 is 0. The number of nitrogens with zero attached hydrogens (tertiary/aromatic N) is 1. The van der Waals surface area contributed by atoms with E-state index in [0.717, 1.165) is 0 Å². The highest BCUT2D eigenvalue weighted by Gasteiger charge is 2.33. The number of nitrogens with two attached hydrogens (primary N) is 1. The molecule has 0 aromatic heterocycles. The second-order valence-electron chi connectivity index (χ2n) is 7.54. The molecule has 0 aliphatic carbocycles. The van der Waals surface area contributed by atoms with Gasteiger partial charge >= 0.3 is 5.97 Å². The van der Waals surface area contributed by atoms with Gasteiger partial charge < -0.3 is 20.9 Å². The number of esters is 1. The molecule has 1 heterocycles. The number of rotatable bonds is 7. The summed E-state index contributed by atoms with van der Waals surface area (Å²) in [6.45, 7) is 4.04. The summed E-state index contributed by atoms with van der Waals surface area (Å²) in [7, 11) is 1.29. The number of hydrogen-bond acceptors (Lipinski definition) is 7. The highest BCUT2D eigenvalue weighted by Crippen LogP contribution is 2.15. The molecule has 1 aliphatic rings. The quantitative estimate of drug-likeness (QED) is 0.471. The van der Waals surface area contributed by atoms with Gasteiger partial charge in [0.25, 0.3) is 5.91 Å². The third-order valence-electron chi connectivity index (χ3n) is 4.92. The number of aromatic hydroxyl groups is 1. The van der Waals surface area contributed by atoms with E-state index in [1.807, 2.05) is 13.8 Å². The third-order valence-corrected chi connectivity index (χ3v) is 4.92. The summed E-state index contributed by atoms with van der Waals surface area (Å²) in [6.07, 6.45) is 1.35. The van der Waals surface area contributed by atoms with E-state index in [0.29, 0.717) is 24.9 Å². The topological polar surface area (TPSA) is 134 Å². The Morgan fingerprint density at radius 3 is 2.72 bits per heavy atom. The number of hydrazine groups is 1. The number of phenols is 1. The van der Waals surface area contributed by atoms with Gasteiger partial charge in [-0.1, -0.05) is 26.0 Å². The van der Waals surface area contributed by atoms with E-state index < -0.39 is 30.0 Å². The smallest absolute Gasteiger partial charge is 0.324 e. The zero-order valence-electron chi connectivity index (χ0n) is 17.1. The molecule has 1 aromatic carbocycles. The highest BCUT2D eigenvalue weighted by atomic mass is 16.5. The Bertz CT molecular complexity index is 739. The summed E-state index contributed by atoms with van der Waals surface area (Å²) in [4.78, 5) is 37.5. The van der Waals surface area contributed by atoms with Gasteiger partial charge in [-0.2, -0.15) is 0 Å². The average molecular weight is 406 g/mol. The zero-order valence-corrected chi connectivity index (χ0v) is 17.1. The first kappa shape index (κ1) is 22.6. The number of carbonyl (C=O) groups is 3. The molecule has 1 aromatic rings. The predicted octanol–water partition coefficient (Wildman–Crippen LogP) is 0.0714. The molecule has 29 heavy (non-hydrogen) atoms. The lowest BCUT2D eigenvalue weighted by molar-refractivity contribution is -0.151. The zero-order chi connectivity index (χ0) is 21.6. The van der Waals surface area contributed by atoms with Gasteiger partial charge in [0, 0.05) is 13.0 Å². The highest BCUT2D eigenvalue weighted by molar-refractivity contribution is 5.90. The standard InChI is InChI=1S/C20H30N4O5/c1-12(2)17(21)18(26)22-16(11-13-6-4-7-14(25)10-13)19(27)24-9-5-8-15(23-24)20(28)29-3/h4,6-7,10,12,15-17,23,25H,5,8-9,11,21H2,1-3H3,(H,22,26)/t15-,16-,17-/m0/s1. The maximum absolute atomic E-state index is 13.2. The number of carbonyl (C=O) groups excluding carboxylic acids is 3. The lowest BCUT2D eigenvalue weighted by Crippen LogP contribution is -2.61. The second-order valence-corrected chi connectivity index (χ2v) is 7.54. The van der Waals surface area contributed by atoms with Crippen LogP contribution < -0.4 is 16.5 Å². The van der Waals surface area contributed by atoms with Crippen LogP contribution in [-0.2, 0) is 25.5 Å². The number of amides is 2. The molecule has 2 amide bonds. The van der Waals surface area contributed by atoms with Crippen molar-refractivity contribution in [2.45, 2.75) is 51.2 Å². The summed E-state index contributed by atoms with van der Waals surface area (Å²) in [5, 5.41) is 13.8. The Balaban J connectivity index is 2.19. The van der Waals surface area contributed by atoms with Crippen LogP contribution in [0.4, 0.5) is 0 Å². The summed E-state index contributed by atoms with van der Waals surface area (Å²) in [5.41, 5.74) is 9.50. The average Bonchev–Trinajstić information content (AvgIpc) is 2.71. The molecule has 5 N–H and O–H groups in total. The molecule has 3 atom stereocenters. The Morgan fingerprint density at radius 2 is 2.10 bits per heavy atom. The molecular formula is C20H30N4O5. The van der Waals surface area contributed by atoms with E-state index in [1.54, 1.807) is 12.1 Å². The first-order valence-electron chi connectivity index (χ1n) is 9.72. The lowest BCUT2D eigenvalue weighted by Gasteiger charge is -2.35. The first-order valence-corrected chi connectivity index (χ1v) is 9.72. The van der Waals surface area contributed by atoms with Crippen LogP contribution >= 0.6 is 0 Å². The number of phenolic OH excluding ortho intramolecular Hbond substituents is 1. The molecule has 9 heteroatoms. The van der Waals surface area contributed by atoms with Crippen LogP contribution in [0.15, 0.2) is 24.3 Å². The van der Waals surface area contributed by atoms with Crippen molar-refractivity contribution >= 4 is 17.8 Å². The van der Waals surface area contributed by atoms with Crippen molar-refractivity contribution in [2.75, 3.05) is 13.7 Å².